The van der Waals surface area contributed by atoms with Gasteiger partial charge in [0.15, 0.2) is 5.78 Å². The van der Waals surface area contributed by atoms with E-state index in [9.17, 15) is 20.1 Å². The van der Waals surface area contributed by atoms with E-state index in [1.807, 2.05) is 13.8 Å². The minimum atomic E-state index is -1.09. The van der Waals surface area contributed by atoms with E-state index in [0.29, 0.717) is 6.42 Å². The van der Waals surface area contributed by atoms with E-state index in [2.05, 4.69) is 41.5 Å². The van der Waals surface area contributed by atoms with Gasteiger partial charge in [0.25, 0.3) is 0 Å². The van der Waals surface area contributed by atoms with Gasteiger partial charge in [0, 0.05) is 16.7 Å². The Morgan fingerprint density at radius 3 is 2.03 bits per heavy atom. The normalized spacial score (nSPS) is 58.2. The molecule has 0 aromatic carbocycles. The second kappa shape index (κ2) is 6.90. The topological polar surface area (TPSA) is 77.8 Å². The minimum Gasteiger partial charge on any atom is -0.393 e. The number of carbonyl (C=O) groups excluding carboxylic acids is 1. The lowest BCUT2D eigenvalue weighted by atomic mass is 9.29. The van der Waals surface area contributed by atoms with Crippen LogP contribution >= 0.6 is 0 Å². The van der Waals surface area contributed by atoms with Gasteiger partial charge in [0.05, 0.1) is 11.7 Å². The minimum absolute atomic E-state index is 0.0681. The third kappa shape index (κ3) is 2.69. The Hall–Kier alpha value is -0.450. The van der Waals surface area contributed by atoms with Crippen LogP contribution in [-0.2, 0) is 4.79 Å². The van der Waals surface area contributed by atoms with Crippen molar-refractivity contribution in [3.8, 4) is 0 Å². The first kappa shape index (κ1) is 25.2. The van der Waals surface area contributed by atoms with Crippen molar-refractivity contribution in [2.75, 3.05) is 0 Å². The van der Waals surface area contributed by atoms with Gasteiger partial charge in [-0.25, -0.2) is 0 Å². The van der Waals surface area contributed by atoms with E-state index in [1.54, 1.807) is 0 Å². The van der Waals surface area contributed by atoms with Crippen LogP contribution in [0, 0.1) is 50.2 Å². The zero-order valence-corrected chi connectivity index (χ0v) is 23.0. The molecule has 0 aromatic rings. The molecule has 5 rings (SSSR count). The number of Topliss-reactive ketones (excluding diaryl/α,β-unsaturated/α-hetero) is 1. The zero-order chi connectivity index (χ0) is 25.3. The van der Waals surface area contributed by atoms with Gasteiger partial charge in [-0.15, -0.1) is 0 Å². The Kier molecular flexibility index (Phi) is 5.11. The summed E-state index contributed by atoms with van der Waals surface area (Å²) in [6.07, 6.45) is 6.75. The van der Waals surface area contributed by atoms with Gasteiger partial charge >= 0.3 is 0 Å². The maximum Gasteiger partial charge on any atom is 0.168 e. The molecule has 0 unspecified atom stereocenters. The SMILES string of the molecule is CC1(C)CC[C@]2(C)CC[C@]3(C)[C@](O)(CC[C@@H]4[C@@]5(C)CC[C@H](O)C(C)(C)[C@@H]5[C@@H](O)C(=O)[C@]43C)[C@@H]2C1. The van der Waals surface area contributed by atoms with Crippen LogP contribution in [0.5, 0.6) is 0 Å². The summed E-state index contributed by atoms with van der Waals surface area (Å²) in [7, 11) is 0. The summed E-state index contributed by atoms with van der Waals surface area (Å²) in [6.45, 7) is 17.7. The molecule has 0 heterocycles. The molecule has 0 spiro atoms. The molecule has 5 aliphatic carbocycles. The van der Waals surface area contributed by atoms with Crippen LogP contribution in [-0.4, -0.2) is 38.9 Å². The lowest BCUT2D eigenvalue weighted by Crippen LogP contribution is -2.78. The first-order valence-electron chi connectivity index (χ1n) is 14.0. The molecule has 34 heavy (non-hydrogen) atoms. The van der Waals surface area contributed by atoms with Crippen molar-refractivity contribution in [2.45, 2.75) is 131 Å². The fourth-order valence-corrected chi connectivity index (χ4v) is 11.2. The first-order chi connectivity index (χ1) is 15.4. The molecular weight excluding hydrogens is 424 g/mol. The van der Waals surface area contributed by atoms with Crippen LogP contribution in [0.1, 0.15) is 113 Å². The standard InChI is InChI=1S/C30H50O4/c1-24(2)13-14-26(5)15-16-28(7)29(8)18(9-12-30(28,34)19(26)17-24)27(6)11-10-20(31)25(3,4)22(27)21(32)23(29)33/h18-22,31-32,34H,9-17H2,1-8H3/t18-,19-,20+,21-,22+,26-,27-,28+,29+,30+/m1/s1. The van der Waals surface area contributed by atoms with Crippen LogP contribution in [0.4, 0.5) is 0 Å². The van der Waals surface area contributed by atoms with Gasteiger partial charge in [-0.1, -0.05) is 55.4 Å². The molecule has 0 amide bonds. The van der Waals surface area contributed by atoms with Crippen LogP contribution < -0.4 is 0 Å². The molecule has 194 valence electrons. The monoisotopic (exact) mass is 474 g/mol. The van der Waals surface area contributed by atoms with E-state index < -0.39 is 34.1 Å². The fourth-order valence-electron chi connectivity index (χ4n) is 11.2. The average Bonchev–Trinajstić information content (AvgIpc) is 2.73. The number of aliphatic hydroxyl groups is 3. The number of fused-ring (bicyclic) bond motifs is 7. The molecule has 0 aliphatic heterocycles. The Balaban J connectivity index is 1.65. The average molecular weight is 475 g/mol. The number of hydrogen-bond acceptors (Lipinski definition) is 4. The molecule has 5 aliphatic rings. The molecule has 0 saturated heterocycles. The molecule has 0 radical (unpaired) electrons. The lowest BCUT2D eigenvalue weighted by molar-refractivity contribution is -0.307. The van der Waals surface area contributed by atoms with Gasteiger partial charge in [-0.05, 0) is 91.3 Å². The second-order valence-electron chi connectivity index (χ2n) is 15.8. The molecule has 5 fully saturated rings. The summed E-state index contributed by atoms with van der Waals surface area (Å²) in [5, 5.41) is 35.4. The largest absolute Gasteiger partial charge is 0.393 e. The quantitative estimate of drug-likeness (QED) is 0.432. The first-order valence-corrected chi connectivity index (χ1v) is 14.0. The van der Waals surface area contributed by atoms with E-state index in [4.69, 9.17) is 0 Å². The Morgan fingerprint density at radius 1 is 0.765 bits per heavy atom. The molecule has 5 saturated carbocycles. The highest BCUT2D eigenvalue weighted by Crippen LogP contribution is 2.77. The predicted octanol–water partition coefficient (Wildman–Crippen LogP) is 5.51. The third-order valence-corrected chi connectivity index (χ3v) is 13.6. The number of aliphatic hydroxyl groups excluding tert-OH is 2. The van der Waals surface area contributed by atoms with Crippen LogP contribution in [0.15, 0.2) is 0 Å². The Bertz CT molecular complexity index is 894. The van der Waals surface area contributed by atoms with Gasteiger partial charge in [-0.2, -0.15) is 0 Å². The summed E-state index contributed by atoms with van der Waals surface area (Å²) in [6, 6.07) is 0. The Morgan fingerprint density at radius 2 is 1.38 bits per heavy atom. The van der Waals surface area contributed by atoms with E-state index in [1.165, 1.54) is 6.42 Å². The maximum atomic E-state index is 14.4. The lowest BCUT2D eigenvalue weighted by Gasteiger charge is -2.75. The summed E-state index contributed by atoms with van der Waals surface area (Å²) in [4.78, 5) is 14.4. The van der Waals surface area contributed by atoms with Crippen LogP contribution in [0.2, 0.25) is 0 Å². The number of carbonyl (C=O) groups is 1. The van der Waals surface area contributed by atoms with Gasteiger partial charge in [0.2, 0.25) is 0 Å². The summed E-state index contributed by atoms with van der Waals surface area (Å²) in [5.41, 5.74) is -2.67. The Labute approximate surface area is 207 Å². The molecule has 0 aromatic heterocycles. The van der Waals surface area contributed by atoms with Crippen LogP contribution in [0.3, 0.4) is 0 Å². The van der Waals surface area contributed by atoms with Crippen molar-refractivity contribution < 1.29 is 20.1 Å². The van der Waals surface area contributed by atoms with Crippen molar-refractivity contribution in [1.82, 2.24) is 0 Å². The van der Waals surface area contributed by atoms with Gasteiger partial charge in [-0.3, -0.25) is 4.79 Å². The number of hydrogen-bond donors (Lipinski definition) is 3. The molecular formula is C30H50O4. The van der Waals surface area contributed by atoms with Crippen molar-refractivity contribution >= 4 is 5.78 Å². The van der Waals surface area contributed by atoms with Crippen molar-refractivity contribution in [1.29, 1.82) is 0 Å². The highest BCUT2D eigenvalue weighted by atomic mass is 16.3. The maximum absolute atomic E-state index is 14.4. The molecule has 4 heteroatoms. The van der Waals surface area contributed by atoms with Gasteiger partial charge < -0.3 is 15.3 Å². The van der Waals surface area contributed by atoms with Crippen molar-refractivity contribution in [2.24, 2.45) is 50.2 Å². The number of ketones is 1. The molecule has 10 atom stereocenters. The predicted molar refractivity (Wildman–Crippen MR) is 134 cm³/mol. The highest BCUT2D eigenvalue weighted by molar-refractivity contribution is 5.91. The molecule has 4 nitrogen and oxygen atoms in total. The van der Waals surface area contributed by atoms with E-state index in [-0.39, 0.29) is 39.8 Å². The molecule has 3 N–H and O–H groups in total. The highest BCUT2D eigenvalue weighted by Gasteiger charge is 2.78. The van der Waals surface area contributed by atoms with E-state index in [0.717, 1.165) is 44.9 Å². The summed E-state index contributed by atoms with van der Waals surface area (Å²) < 4.78 is 0. The van der Waals surface area contributed by atoms with E-state index >= 15 is 0 Å². The summed E-state index contributed by atoms with van der Waals surface area (Å²) in [5.74, 6) is -0.0349. The molecule has 0 bridgehead atoms. The van der Waals surface area contributed by atoms with Crippen molar-refractivity contribution in [3.05, 3.63) is 0 Å². The second-order valence-corrected chi connectivity index (χ2v) is 15.8. The third-order valence-electron chi connectivity index (χ3n) is 13.6. The van der Waals surface area contributed by atoms with Gasteiger partial charge in [0.1, 0.15) is 6.10 Å². The fraction of sp³-hybridized carbons (Fsp3) is 0.967. The number of rotatable bonds is 0. The van der Waals surface area contributed by atoms with Crippen LogP contribution in [0.25, 0.3) is 0 Å². The zero-order valence-electron chi connectivity index (χ0n) is 23.0. The smallest absolute Gasteiger partial charge is 0.168 e. The van der Waals surface area contributed by atoms with Crippen molar-refractivity contribution in [3.63, 3.8) is 0 Å². The summed E-state index contributed by atoms with van der Waals surface area (Å²) >= 11 is 0.